The van der Waals surface area contributed by atoms with E-state index in [1.165, 1.54) is 6.39 Å². The van der Waals surface area contributed by atoms with E-state index in [-0.39, 0.29) is 17.5 Å². The third kappa shape index (κ3) is 4.80. The van der Waals surface area contributed by atoms with Gasteiger partial charge in [-0.05, 0) is 31.2 Å². The van der Waals surface area contributed by atoms with Gasteiger partial charge in [0.1, 0.15) is 0 Å². The second kappa shape index (κ2) is 9.53. The zero-order valence-electron chi connectivity index (χ0n) is 16.7. The number of hydrogen-bond acceptors (Lipinski definition) is 4. The maximum atomic E-state index is 13.2. The molecular formula is C22H29N3O3. The highest BCUT2D eigenvalue weighted by atomic mass is 16.3. The van der Waals surface area contributed by atoms with Crippen LogP contribution in [0.3, 0.4) is 0 Å². The molecule has 6 nitrogen and oxygen atoms in total. The van der Waals surface area contributed by atoms with Gasteiger partial charge in [-0.2, -0.15) is 0 Å². The number of nitrogens with zero attached hydrogens (tertiary/aromatic N) is 2. The van der Waals surface area contributed by atoms with Gasteiger partial charge >= 0.3 is 0 Å². The number of rotatable bonds is 6. The molecule has 1 aromatic carbocycles. The molecule has 2 heterocycles. The highest BCUT2D eigenvalue weighted by Crippen LogP contribution is 2.28. The number of aromatic nitrogens is 1. The van der Waals surface area contributed by atoms with Gasteiger partial charge in [0.05, 0.1) is 5.56 Å². The maximum absolute atomic E-state index is 13.2. The van der Waals surface area contributed by atoms with Crippen molar-refractivity contribution in [2.45, 2.75) is 46.0 Å². The molecule has 6 heteroatoms. The Labute approximate surface area is 166 Å². The van der Waals surface area contributed by atoms with Crippen LogP contribution in [0.25, 0.3) is 11.3 Å². The molecule has 1 saturated heterocycles. The molecule has 0 spiro atoms. The van der Waals surface area contributed by atoms with Crippen LogP contribution in [0.2, 0.25) is 0 Å². The summed E-state index contributed by atoms with van der Waals surface area (Å²) in [5, 5.41) is 2.89. The van der Waals surface area contributed by atoms with E-state index in [0.29, 0.717) is 29.3 Å². The lowest BCUT2D eigenvalue weighted by Crippen LogP contribution is -2.32. The molecule has 0 bridgehead atoms. The lowest BCUT2D eigenvalue weighted by Gasteiger charge is -2.21. The molecule has 0 atom stereocenters. The molecule has 0 saturated carbocycles. The highest BCUT2D eigenvalue weighted by Gasteiger charge is 2.25. The molecule has 0 unspecified atom stereocenters. The Morgan fingerprint density at radius 2 is 1.86 bits per heavy atom. The van der Waals surface area contributed by atoms with E-state index in [4.69, 9.17) is 4.42 Å². The predicted octanol–water partition coefficient (Wildman–Crippen LogP) is 4.13. The van der Waals surface area contributed by atoms with Gasteiger partial charge in [-0.3, -0.25) is 9.59 Å². The molecule has 1 N–H and O–H groups in total. The molecule has 1 aliphatic heterocycles. The van der Waals surface area contributed by atoms with Crippen LogP contribution in [-0.2, 0) is 0 Å². The van der Waals surface area contributed by atoms with Gasteiger partial charge in [0.25, 0.3) is 11.8 Å². The first kappa shape index (κ1) is 20.1. The van der Waals surface area contributed by atoms with Crippen LogP contribution in [0.1, 0.15) is 66.8 Å². The summed E-state index contributed by atoms with van der Waals surface area (Å²) < 4.78 is 5.56. The Hall–Kier alpha value is -2.63. The largest absolute Gasteiger partial charge is 0.443 e. The summed E-state index contributed by atoms with van der Waals surface area (Å²) in [4.78, 5) is 31.8. The molecule has 2 amide bonds. The fourth-order valence-corrected chi connectivity index (χ4v) is 3.47. The number of carbonyl (C=O) groups excluding carboxylic acids is 2. The van der Waals surface area contributed by atoms with Crippen LogP contribution in [0.4, 0.5) is 0 Å². The minimum absolute atomic E-state index is 0.0138. The van der Waals surface area contributed by atoms with E-state index in [2.05, 4.69) is 24.1 Å². The molecule has 28 heavy (non-hydrogen) atoms. The van der Waals surface area contributed by atoms with E-state index in [9.17, 15) is 9.59 Å². The topological polar surface area (TPSA) is 75.4 Å². The number of nitrogens with one attached hydrogen (secondary N) is 1. The van der Waals surface area contributed by atoms with Gasteiger partial charge < -0.3 is 14.6 Å². The summed E-state index contributed by atoms with van der Waals surface area (Å²) in [5.74, 6) is 0.561. The second-order valence-corrected chi connectivity index (χ2v) is 7.72. The quantitative estimate of drug-likeness (QED) is 0.814. The summed E-state index contributed by atoms with van der Waals surface area (Å²) in [5.41, 5.74) is 1.39. The molecule has 1 aromatic heterocycles. The highest BCUT2D eigenvalue weighted by molar-refractivity contribution is 6.04. The summed E-state index contributed by atoms with van der Waals surface area (Å²) >= 11 is 0. The van der Waals surface area contributed by atoms with Gasteiger partial charge in [0.2, 0.25) is 0 Å². The van der Waals surface area contributed by atoms with Crippen LogP contribution < -0.4 is 5.32 Å². The fraction of sp³-hybridized carbons (Fsp3) is 0.500. The minimum Gasteiger partial charge on any atom is -0.443 e. The van der Waals surface area contributed by atoms with Crippen molar-refractivity contribution in [3.8, 4) is 11.3 Å². The number of hydrogen-bond donors (Lipinski definition) is 1. The lowest BCUT2D eigenvalue weighted by atomic mass is 10.0. The number of oxazole rings is 1. The van der Waals surface area contributed by atoms with Gasteiger partial charge in [-0.1, -0.05) is 44.9 Å². The predicted molar refractivity (Wildman–Crippen MR) is 108 cm³/mol. The molecule has 0 aliphatic carbocycles. The molecule has 150 valence electrons. The monoisotopic (exact) mass is 383 g/mol. The van der Waals surface area contributed by atoms with Crippen molar-refractivity contribution >= 4 is 11.8 Å². The van der Waals surface area contributed by atoms with Crippen molar-refractivity contribution in [3.63, 3.8) is 0 Å². The fourth-order valence-electron chi connectivity index (χ4n) is 3.47. The Balaban J connectivity index is 1.84. The molecule has 2 aromatic rings. The molecule has 1 fully saturated rings. The van der Waals surface area contributed by atoms with E-state index >= 15 is 0 Å². The van der Waals surface area contributed by atoms with Crippen molar-refractivity contribution in [3.05, 3.63) is 41.9 Å². The number of carbonyl (C=O) groups is 2. The van der Waals surface area contributed by atoms with Crippen molar-refractivity contribution in [2.75, 3.05) is 19.6 Å². The first-order valence-corrected chi connectivity index (χ1v) is 10.2. The van der Waals surface area contributed by atoms with Crippen LogP contribution in [0.15, 0.2) is 35.1 Å². The van der Waals surface area contributed by atoms with Gasteiger partial charge in [0.15, 0.2) is 17.8 Å². The van der Waals surface area contributed by atoms with Crippen molar-refractivity contribution < 1.29 is 14.0 Å². The first-order chi connectivity index (χ1) is 13.6. The Bertz CT molecular complexity index is 805. The molecule has 1 aliphatic rings. The third-order valence-electron chi connectivity index (χ3n) is 5.09. The average Bonchev–Trinajstić information content (AvgIpc) is 3.02. The van der Waals surface area contributed by atoms with Gasteiger partial charge in [-0.15, -0.1) is 0 Å². The van der Waals surface area contributed by atoms with Crippen molar-refractivity contribution in [1.29, 1.82) is 0 Å². The summed E-state index contributed by atoms with van der Waals surface area (Å²) in [6, 6.07) is 7.30. The zero-order valence-corrected chi connectivity index (χ0v) is 16.7. The Morgan fingerprint density at radius 1 is 1.14 bits per heavy atom. The number of amides is 2. The molecule has 0 radical (unpaired) electrons. The van der Waals surface area contributed by atoms with Crippen LogP contribution >= 0.6 is 0 Å². The van der Waals surface area contributed by atoms with Gasteiger partial charge in [0, 0.05) is 25.2 Å². The smallest absolute Gasteiger partial charge is 0.273 e. The van der Waals surface area contributed by atoms with E-state index < -0.39 is 0 Å². The SMILES string of the molecule is CC(C)CCNC(=O)c1ncoc1-c1ccccc1C(=O)N1CCCCCC1. The van der Waals surface area contributed by atoms with Crippen LogP contribution in [0.5, 0.6) is 0 Å². The summed E-state index contributed by atoms with van der Waals surface area (Å²) in [6.45, 7) is 6.34. The standard InChI is InChI=1S/C22H29N3O3/c1-16(2)11-12-23-21(26)19-20(28-15-24-19)17-9-5-6-10-18(17)22(27)25-13-7-3-4-8-14-25/h5-6,9-10,15-16H,3-4,7-8,11-14H2,1-2H3,(H,23,26). The van der Waals surface area contributed by atoms with Crippen LogP contribution in [0, 0.1) is 5.92 Å². The minimum atomic E-state index is -0.276. The Kier molecular flexibility index (Phi) is 6.85. The van der Waals surface area contributed by atoms with Crippen molar-refractivity contribution in [1.82, 2.24) is 15.2 Å². The third-order valence-corrected chi connectivity index (χ3v) is 5.09. The van der Waals surface area contributed by atoms with Crippen LogP contribution in [-0.4, -0.2) is 41.3 Å². The lowest BCUT2D eigenvalue weighted by molar-refractivity contribution is 0.0761. The maximum Gasteiger partial charge on any atom is 0.273 e. The second-order valence-electron chi connectivity index (χ2n) is 7.72. The molecular weight excluding hydrogens is 354 g/mol. The Morgan fingerprint density at radius 3 is 2.57 bits per heavy atom. The van der Waals surface area contributed by atoms with E-state index in [1.807, 2.05) is 23.1 Å². The first-order valence-electron chi connectivity index (χ1n) is 10.2. The van der Waals surface area contributed by atoms with Gasteiger partial charge in [-0.25, -0.2) is 4.98 Å². The van der Waals surface area contributed by atoms with E-state index in [1.54, 1.807) is 6.07 Å². The average molecular weight is 383 g/mol. The van der Waals surface area contributed by atoms with Crippen molar-refractivity contribution in [2.24, 2.45) is 5.92 Å². The number of benzene rings is 1. The normalized spacial score (nSPS) is 14.8. The van der Waals surface area contributed by atoms with E-state index in [0.717, 1.165) is 45.2 Å². The zero-order chi connectivity index (χ0) is 19.9. The number of likely N-dealkylation sites (tertiary alicyclic amines) is 1. The molecule has 3 rings (SSSR count). The summed E-state index contributed by atoms with van der Waals surface area (Å²) in [7, 11) is 0. The summed E-state index contributed by atoms with van der Waals surface area (Å²) in [6.07, 6.45) is 6.53.